The van der Waals surface area contributed by atoms with E-state index in [4.69, 9.17) is 4.74 Å². The summed E-state index contributed by atoms with van der Waals surface area (Å²) in [6, 6.07) is 1.87. The molecular formula is C15H17F3N4O2. The van der Waals surface area contributed by atoms with Crippen LogP contribution in [0.15, 0.2) is 18.3 Å². The summed E-state index contributed by atoms with van der Waals surface area (Å²) in [6.07, 6.45) is -1.18. The summed E-state index contributed by atoms with van der Waals surface area (Å²) in [4.78, 5) is 12.1. The van der Waals surface area contributed by atoms with Crippen LogP contribution in [-0.4, -0.2) is 32.7 Å². The number of hydrogen-bond acceptors (Lipinski definition) is 4. The van der Waals surface area contributed by atoms with Crippen molar-refractivity contribution in [3.05, 3.63) is 29.7 Å². The molecule has 6 nitrogen and oxygen atoms in total. The maximum atomic E-state index is 12.7. The van der Waals surface area contributed by atoms with Gasteiger partial charge in [-0.15, -0.1) is 10.2 Å². The molecule has 9 heteroatoms. The number of nitrogens with zero attached hydrogens (tertiary/aromatic N) is 3. The van der Waals surface area contributed by atoms with Crippen LogP contribution in [0.2, 0.25) is 0 Å². The summed E-state index contributed by atoms with van der Waals surface area (Å²) in [5.41, 5.74) is -0.708. The van der Waals surface area contributed by atoms with Crippen molar-refractivity contribution in [3.8, 4) is 0 Å². The number of hydrogen-bond donors (Lipinski definition) is 1. The molecule has 1 aliphatic heterocycles. The molecule has 0 aromatic carbocycles. The summed E-state index contributed by atoms with van der Waals surface area (Å²) < 4.78 is 45.1. The number of amides is 1. The topological polar surface area (TPSA) is 68.5 Å². The summed E-state index contributed by atoms with van der Waals surface area (Å²) >= 11 is 0. The SMILES string of the molecule is CCC1CCC(C(=O)NCc2nnc3cc(C(F)(F)F)ccn23)O1. The minimum Gasteiger partial charge on any atom is -0.365 e. The summed E-state index contributed by atoms with van der Waals surface area (Å²) in [6.45, 7) is 2.07. The number of carbonyl (C=O) groups excluding carboxylic acids is 1. The number of ether oxygens (including phenoxy) is 1. The molecule has 2 aromatic rings. The number of rotatable bonds is 4. The van der Waals surface area contributed by atoms with E-state index in [1.54, 1.807) is 0 Å². The number of fused-ring (bicyclic) bond motifs is 1. The van der Waals surface area contributed by atoms with Crippen molar-refractivity contribution in [3.63, 3.8) is 0 Å². The average Bonchev–Trinajstić information content (AvgIpc) is 3.18. The molecule has 3 heterocycles. The molecule has 3 rings (SSSR count). The Hall–Kier alpha value is -2.16. The molecule has 0 saturated carbocycles. The number of nitrogens with one attached hydrogen (secondary N) is 1. The maximum absolute atomic E-state index is 12.7. The highest BCUT2D eigenvalue weighted by atomic mass is 19.4. The van der Waals surface area contributed by atoms with Crippen molar-refractivity contribution in [2.24, 2.45) is 0 Å². The molecule has 1 fully saturated rings. The molecule has 130 valence electrons. The summed E-state index contributed by atoms with van der Waals surface area (Å²) in [5, 5.41) is 10.3. The molecule has 0 spiro atoms. The van der Waals surface area contributed by atoms with Crippen LogP contribution in [0.5, 0.6) is 0 Å². The van der Waals surface area contributed by atoms with Gasteiger partial charge in [-0.1, -0.05) is 6.92 Å². The Morgan fingerprint density at radius 1 is 1.42 bits per heavy atom. The first-order valence-corrected chi connectivity index (χ1v) is 7.72. The Morgan fingerprint density at radius 3 is 2.88 bits per heavy atom. The van der Waals surface area contributed by atoms with Gasteiger partial charge >= 0.3 is 6.18 Å². The highest BCUT2D eigenvalue weighted by molar-refractivity contribution is 5.80. The van der Waals surface area contributed by atoms with E-state index in [9.17, 15) is 18.0 Å². The predicted octanol–water partition coefficient (Wildman–Crippen LogP) is 2.32. The number of halogens is 3. The lowest BCUT2D eigenvalue weighted by Crippen LogP contribution is -2.34. The molecule has 0 aliphatic carbocycles. The third-order valence-corrected chi connectivity index (χ3v) is 4.08. The van der Waals surface area contributed by atoms with Gasteiger partial charge in [0.25, 0.3) is 0 Å². The third-order valence-electron chi connectivity index (χ3n) is 4.08. The lowest BCUT2D eigenvalue weighted by Gasteiger charge is -2.12. The second-order valence-corrected chi connectivity index (χ2v) is 5.71. The number of pyridine rings is 1. The van der Waals surface area contributed by atoms with Crippen LogP contribution < -0.4 is 5.32 Å². The van der Waals surface area contributed by atoms with Gasteiger partial charge in [-0.3, -0.25) is 9.20 Å². The van der Waals surface area contributed by atoms with Gasteiger partial charge in [0, 0.05) is 6.20 Å². The van der Waals surface area contributed by atoms with Gasteiger partial charge in [0.1, 0.15) is 6.10 Å². The minimum absolute atomic E-state index is 0.0714. The first-order chi connectivity index (χ1) is 11.4. The molecule has 1 saturated heterocycles. The van der Waals surface area contributed by atoms with E-state index in [-0.39, 0.29) is 24.2 Å². The Balaban J connectivity index is 1.67. The van der Waals surface area contributed by atoms with E-state index >= 15 is 0 Å². The van der Waals surface area contributed by atoms with Gasteiger partial charge < -0.3 is 10.1 Å². The Morgan fingerprint density at radius 2 is 2.21 bits per heavy atom. The van der Waals surface area contributed by atoms with Gasteiger partial charge in [-0.2, -0.15) is 13.2 Å². The third kappa shape index (κ3) is 3.35. The molecule has 2 atom stereocenters. The van der Waals surface area contributed by atoms with Crippen molar-refractivity contribution in [2.75, 3.05) is 0 Å². The van der Waals surface area contributed by atoms with Crippen molar-refractivity contribution >= 4 is 11.6 Å². The Labute approximate surface area is 136 Å². The lowest BCUT2D eigenvalue weighted by molar-refractivity contribution is -0.137. The standard InChI is InChI=1S/C15H17F3N4O2/c1-2-10-3-4-11(24-10)14(23)19-8-13-21-20-12-7-9(15(16,17)18)5-6-22(12)13/h5-7,10-11H,2-4,8H2,1H3,(H,19,23). The van der Waals surface area contributed by atoms with E-state index in [0.717, 1.165) is 25.0 Å². The lowest BCUT2D eigenvalue weighted by atomic mass is 10.1. The quantitative estimate of drug-likeness (QED) is 0.926. The van der Waals surface area contributed by atoms with E-state index in [2.05, 4.69) is 15.5 Å². The fraction of sp³-hybridized carbons (Fsp3) is 0.533. The van der Waals surface area contributed by atoms with Gasteiger partial charge in [-0.25, -0.2) is 0 Å². The minimum atomic E-state index is -4.43. The molecular weight excluding hydrogens is 325 g/mol. The van der Waals surface area contributed by atoms with Crippen LogP contribution in [0.4, 0.5) is 13.2 Å². The van der Waals surface area contributed by atoms with Gasteiger partial charge in [0.05, 0.1) is 18.2 Å². The number of alkyl halides is 3. The van der Waals surface area contributed by atoms with Crippen LogP contribution >= 0.6 is 0 Å². The highest BCUT2D eigenvalue weighted by Crippen LogP contribution is 2.29. The smallest absolute Gasteiger partial charge is 0.365 e. The fourth-order valence-corrected chi connectivity index (χ4v) is 2.72. The largest absolute Gasteiger partial charge is 0.416 e. The first kappa shape index (κ1) is 16.7. The Bertz CT molecular complexity index is 744. The first-order valence-electron chi connectivity index (χ1n) is 7.72. The second-order valence-electron chi connectivity index (χ2n) is 5.71. The van der Waals surface area contributed by atoms with Crippen molar-refractivity contribution in [1.29, 1.82) is 0 Å². The number of carbonyl (C=O) groups is 1. The molecule has 1 aliphatic rings. The van der Waals surface area contributed by atoms with Crippen LogP contribution in [0.1, 0.15) is 37.6 Å². The monoisotopic (exact) mass is 342 g/mol. The normalized spacial score (nSPS) is 21.3. The van der Waals surface area contributed by atoms with E-state index in [0.29, 0.717) is 12.2 Å². The molecule has 0 radical (unpaired) electrons. The number of aromatic nitrogens is 3. The van der Waals surface area contributed by atoms with Crippen molar-refractivity contribution in [1.82, 2.24) is 19.9 Å². The van der Waals surface area contributed by atoms with Crippen molar-refractivity contribution < 1.29 is 22.7 Å². The zero-order chi connectivity index (χ0) is 17.3. The highest BCUT2D eigenvalue weighted by Gasteiger charge is 2.31. The molecule has 2 aromatic heterocycles. The Kier molecular flexibility index (Phi) is 4.44. The van der Waals surface area contributed by atoms with E-state index in [1.165, 1.54) is 10.6 Å². The summed E-state index contributed by atoms with van der Waals surface area (Å²) in [7, 11) is 0. The zero-order valence-electron chi connectivity index (χ0n) is 13.0. The second kappa shape index (κ2) is 6.39. The summed E-state index contributed by atoms with van der Waals surface area (Å²) in [5.74, 6) is 0.117. The van der Waals surface area contributed by atoms with Gasteiger partial charge in [0.2, 0.25) is 5.91 Å². The maximum Gasteiger partial charge on any atom is 0.416 e. The van der Waals surface area contributed by atoms with Gasteiger partial charge in [-0.05, 0) is 31.4 Å². The fourth-order valence-electron chi connectivity index (χ4n) is 2.72. The van der Waals surface area contributed by atoms with Crippen molar-refractivity contribution in [2.45, 2.75) is 51.1 Å². The molecule has 2 unspecified atom stereocenters. The van der Waals surface area contributed by atoms with Crippen LogP contribution in [0.3, 0.4) is 0 Å². The molecule has 24 heavy (non-hydrogen) atoms. The average molecular weight is 342 g/mol. The molecule has 1 N–H and O–H groups in total. The van der Waals surface area contributed by atoms with E-state index < -0.39 is 17.8 Å². The molecule has 0 bridgehead atoms. The van der Waals surface area contributed by atoms with Crippen LogP contribution in [0.25, 0.3) is 5.65 Å². The zero-order valence-corrected chi connectivity index (χ0v) is 13.0. The van der Waals surface area contributed by atoms with E-state index in [1.807, 2.05) is 6.92 Å². The van der Waals surface area contributed by atoms with Crippen LogP contribution in [-0.2, 0) is 22.3 Å². The van der Waals surface area contributed by atoms with Crippen LogP contribution in [0, 0.1) is 0 Å². The molecule has 1 amide bonds. The predicted molar refractivity (Wildman–Crippen MR) is 78.0 cm³/mol. The van der Waals surface area contributed by atoms with Gasteiger partial charge in [0.15, 0.2) is 11.5 Å².